The SMILES string of the molecule is N[C@H]1CC[S@@](=O)(CC[C@](O)(c2ccccc2)C(F)(F)F)=NC1=O. The van der Waals surface area contributed by atoms with Crippen molar-refractivity contribution in [1.82, 2.24) is 0 Å². The van der Waals surface area contributed by atoms with E-state index in [0.717, 1.165) is 12.1 Å². The van der Waals surface area contributed by atoms with Crippen LogP contribution in [0.3, 0.4) is 0 Å². The van der Waals surface area contributed by atoms with Gasteiger partial charge in [0.25, 0.3) is 5.91 Å². The first-order valence-electron chi connectivity index (χ1n) is 6.94. The molecule has 1 amide bonds. The van der Waals surface area contributed by atoms with E-state index in [4.69, 9.17) is 5.73 Å². The molecule has 1 aromatic carbocycles. The van der Waals surface area contributed by atoms with E-state index in [1.807, 2.05) is 0 Å². The molecule has 0 saturated carbocycles. The van der Waals surface area contributed by atoms with Gasteiger partial charge in [-0.05, 0) is 12.0 Å². The van der Waals surface area contributed by atoms with Crippen molar-refractivity contribution in [3.8, 4) is 0 Å². The summed E-state index contributed by atoms with van der Waals surface area (Å²) < 4.78 is 55.9. The molecule has 0 unspecified atom stereocenters. The number of hydrogen-bond acceptors (Lipinski definition) is 4. The Kier molecular flexibility index (Phi) is 4.84. The molecule has 0 aliphatic carbocycles. The summed E-state index contributed by atoms with van der Waals surface area (Å²) in [5.41, 5.74) is 1.96. The van der Waals surface area contributed by atoms with E-state index >= 15 is 0 Å². The molecule has 23 heavy (non-hydrogen) atoms. The van der Waals surface area contributed by atoms with Gasteiger partial charge in [0, 0.05) is 17.9 Å². The molecule has 3 atom stereocenters. The van der Waals surface area contributed by atoms with Gasteiger partial charge in [0.1, 0.15) is 0 Å². The molecule has 128 valence electrons. The van der Waals surface area contributed by atoms with E-state index in [1.54, 1.807) is 0 Å². The number of aliphatic hydroxyl groups is 1. The van der Waals surface area contributed by atoms with Crippen LogP contribution in [0.2, 0.25) is 0 Å². The molecule has 1 aliphatic heterocycles. The lowest BCUT2D eigenvalue weighted by Gasteiger charge is -2.31. The first-order valence-corrected chi connectivity index (χ1v) is 8.79. The number of hydrogen-bond donors (Lipinski definition) is 2. The third-order valence-corrected chi connectivity index (χ3v) is 6.05. The number of halogens is 3. The van der Waals surface area contributed by atoms with Gasteiger partial charge in [-0.15, -0.1) is 0 Å². The highest BCUT2D eigenvalue weighted by Gasteiger charge is 2.54. The molecular weight excluding hydrogens is 333 g/mol. The number of carbonyl (C=O) groups excluding carboxylic acids is 1. The highest BCUT2D eigenvalue weighted by Crippen LogP contribution is 2.42. The molecule has 0 aromatic heterocycles. The Bertz CT molecular complexity index is 699. The highest BCUT2D eigenvalue weighted by molar-refractivity contribution is 7.93. The number of nitrogens with two attached hydrogens (primary N) is 1. The Morgan fingerprint density at radius 1 is 1.30 bits per heavy atom. The molecule has 0 spiro atoms. The van der Waals surface area contributed by atoms with E-state index in [2.05, 4.69) is 4.36 Å². The molecule has 5 nitrogen and oxygen atoms in total. The molecule has 0 saturated heterocycles. The normalized spacial score (nSPS) is 28.0. The van der Waals surface area contributed by atoms with Crippen molar-refractivity contribution in [1.29, 1.82) is 0 Å². The van der Waals surface area contributed by atoms with Crippen molar-refractivity contribution >= 4 is 15.6 Å². The van der Waals surface area contributed by atoms with Crippen LogP contribution in [0, 0.1) is 0 Å². The standard InChI is InChI=1S/C14H17F3N2O3S/c15-14(16,17)13(21,10-4-2-1-3-5-10)7-9-23(22)8-6-11(18)12(20)19-23/h1-5,11,21H,6-9,18H2/t11-,13-,23+/m0/s1. The average Bonchev–Trinajstić information content (AvgIpc) is 2.49. The molecule has 3 N–H and O–H groups in total. The van der Waals surface area contributed by atoms with Crippen LogP contribution in [-0.2, 0) is 20.1 Å². The fourth-order valence-electron chi connectivity index (χ4n) is 2.33. The molecular formula is C14H17F3N2O3S. The van der Waals surface area contributed by atoms with Gasteiger partial charge in [-0.25, -0.2) is 4.21 Å². The molecule has 2 rings (SSSR count). The average molecular weight is 350 g/mol. The Hall–Kier alpha value is -1.45. The second-order valence-corrected chi connectivity index (χ2v) is 8.02. The van der Waals surface area contributed by atoms with E-state index < -0.39 is 45.6 Å². The number of carbonyl (C=O) groups is 1. The summed E-state index contributed by atoms with van der Waals surface area (Å²) >= 11 is 0. The lowest BCUT2D eigenvalue weighted by Crippen LogP contribution is -2.44. The summed E-state index contributed by atoms with van der Waals surface area (Å²) in [6, 6.07) is 5.72. The topological polar surface area (TPSA) is 92.8 Å². The summed E-state index contributed by atoms with van der Waals surface area (Å²) in [4.78, 5) is 11.4. The number of amides is 1. The minimum atomic E-state index is -4.95. The minimum Gasteiger partial charge on any atom is -0.376 e. The molecule has 1 heterocycles. The zero-order valence-electron chi connectivity index (χ0n) is 12.1. The van der Waals surface area contributed by atoms with Crippen LogP contribution in [0.15, 0.2) is 34.7 Å². The van der Waals surface area contributed by atoms with Crippen LogP contribution in [0.25, 0.3) is 0 Å². The molecule has 0 fully saturated rings. The Labute approximate surface area is 131 Å². The van der Waals surface area contributed by atoms with Gasteiger partial charge in [-0.2, -0.15) is 17.5 Å². The van der Waals surface area contributed by atoms with Gasteiger partial charge < -0.3 is 10.8 Å². The van der Waals surface area contributed by atoms with Gasteiger partial charge in [0.15, 0.2) is 5.60 Å². The number of benzene rings is 1. The Morgan fingerprint density at radius 2 is 1.91 bits per heavy atom. The van der Waals surface area contributed by atoms with Gasteiger partial charge in [0.2, 0.25) is 0 Å². The first-order chi connectivity index (χ1) is 10.6. The van der Waals surface area contributed by atoms with Crippen molar-refractivity contribution in [2.24, 2.45) is 10.1 Å². The number of alkyl halides is 3. The van der Waals surface area contributed by atoms with Crippen LogP contribution >= 0.6 is 0 Å². The van der Waals surface area contributed by atoms with Gasteiger partial charge >= 0.3 is 6.18 Å². The van der Waals surface area contributed by atoms with Crippen molar-refractivity contribution in [2.75, 3.05) is 11.5 Å². The van der Waals surface area contributed by atoms with Crippen molar-refractivity contribution < 1.29 is 27.3 Å². The monoisotopic (exact) mass is 350 g/mol. The smallest absolute Gasteiger partial charge is 0.376 e. The summed E-state index contributed by atoms with van der Waals surface area (Å²) in [7, 11) is -3.14. The maximum atomic E-state index is 13.3. The molecule has 9 heteroatoms. The zero-order chi connectivity index (χ0) is 17.3. The summed E-state index contributed by atoms with van der Waals surface area (Å²) in [5, 5.41) is 10.2. The second kappa shape index (κ2) is 6.21. The maximum absolute atomic E-state index is 13.3. The third-order valence-electron chi connectivity index (χ3n) is 3.82. The van der Waals surface area contributed by atoms with Crippen molar-refractivity contribution in [2.45, 2.75) is 30.7 Å². The van der Waals surface area contributed by atoms with Crippen molar-refractivity contribution in [3.63, 3.8) is 0 Å². The number of nitrogens with zero attached hydrogens (tertiary/aromatic N) is 1. The first kappa shape index (κ1) is 17.9. The Balaban J connectivity index is 2.29. The third kappa shape index (κ3) is 3.73. The van der Waals surface area contributed by atoms with Crippen LogP contribution in [0.4, 0.5) is 13.2 Å². The largest absolute Gasteiger partial charge is 0.421 e. The predicted molar refractivity (Wildman–Crippen MR) is 78.9 cm³/mol. The fraction of sp³-hybridized carbons (Fsp3) is 0.500. The molecule has 0 radical (unpaired) electrons. The van der Waals surface area contributed by atoms with Crippen LogP contribution in [-0.4, -0.2) is 38.9 Å². The molecule has 1 aromatic rings. The summed E-state index contributed by atoms with van der Waals surface area (Å²) in [6.07, 6.45) is -5.68. The van der Waals surface area contributed by atoms with Crippen LogP contribution in [0.5, 0.6) is 0 Å². The quantitative estimate of drug-likeness (QED) is 0.862. The lowest BCUT2D eigenvalue weighted by atomic mass is 9.90. The fourth-order valence-corrected chi connectivity index (χ4v) is 4.42. The highest BCUT2D eigenvalue weighted by atomic mass is 32.2. The van der Waals surface area contributed by atoms with Crippen LogP contribution < -0.4 is 5.73 Å². The number of rotatable bonds is 4. The maximum Gasteiger partial charge on any atom is 0.421 e. The zero-order valence-corrected chi connectivity index (χ0v) is 12.9. The van der Waals surface area contributed by atoms with Crippen molar-refractivity contribution in [3.05, 3.63) is 35.9 Å². The lowest BCUT2D eigenvalue weighted by molar-refractivity contribution is -0.267. The van der Waals surface area contributed by atoms with Gasteiger partial charge in [0.05, 0.1) is 15.8 Å². The second-order valence-electron chi connectivity index (χ2n) is 5.48. The van der Waals surface area contributed by atoms with Crippen LogP contribution in [0.1, 0.15) is 18.4 Å². The van der Waals surface area contributed by atoms with Gasteiger partial charge in [-0.1, -0.05) is 30.3 Å². The predicted octanol–water partition coefficient (Wildman–Crippen LogP) is 1.55. The summed E-state index contributed by atoms with van der Waals surface area (Å²) in [5.74, 6) is -1.35. The molecule has 0 bridgehead atoms. The summed E-state index contributed by atoms with van der Waals surface area (Å²) in [6.45, 7) is 0. The van der Waals surface area contributed by atoms with E-state index in [9.17, 15) is 27.3 Å². The van der Waals surface area contributed by atoms with E-state index in [-0.39, 0.29) is 17.7 Å². The Morgan fingerprint density at radius 3 is 2.43 bits per heavy atom. The van der Waals surface area contributed by atoms with E-state index in [1.165, 1.54) is 18.2 Å². The molecule has 1 aliphatic rings. The van der Waals surface area contributed by atoms with E-state index in [0.29, 0.717) is 0 Å². The minimum absolute atomic E-state index is 0.0529. The van der Waals surface area contributed by atoms with Gasteiger partial charge in [-0.3, -0.25) is 4.79 Å².